The molecule has 3 aromatic rings. The number of benzene rings is 3. The van der Waals surface area contributed by atoms with Gasteiger partial charge in [-0.3, -0.25) is 9.10 Å². The third-order valence-electron chi connectivity index (χ3n) is 4.72. The summed E-state index contributed by atoms with van der Waals surface area (Å²) in [7, 11) is -3.91. The van der Waals surface area contributed by atoms with Crippen LogP contribution in [0.2, 0.25) is 5.02 Å². The van der Waals surface area contributed by atoms with Crippen molar-refractivity contribution in [2.45, 2.75) is 17.5 Å². The van der Waals surface area contributed by atoms with Gasteiger partial charge in [0, 0.05) is 11.6 Å². The molecule has 154 valence electrons. The van der Waals surface area contributed by atoms with Crippen LogP contribution in [0.15, 0.2) is 83.8 Å². The Kier molecular flexibility index (Phi) is 5.65. The monoisotopic (exact) mass is 442 g/mol. The summed E-state index contributed by atoms with van der Waals surface area (Å²) in [5, 5.41) is 3.18. The van der Waals surface area contributed by atoms with E-state index < -0.39 is 22.0 Å². The Balaban J connectivity index is 1.63. The minimum atomic E-state index is -3.91. The summed E-state index contributed by atoms with van der Waals surface area (Å²) in [5.41, 5.74) is 1.24. The molecule has 1 N–H and O–H groups in total. The third-order valence-corrected chi connectivity index (χ3v) is 6.75. The van der Waals surface area contributed by atoms with Crippen molar-refractivity contribution in [1.82, 2.24) is 5.32 Å². The molecule has 3 aromatic carbocycles. The van der Waals surface area contributed by atoms with Gasteiger partial charge in [0.1, 0.15) is 5.75 Å². The minimum absolute atomic E-state index is 0.126. The fraction of sp³-hybridized carbons (Fsp3) is 0.136. The number of nitrogens with one attached hydrogen (secondary N) is 1. The predicted molar refractivity (Wildman–Crippen MR) is 115 cm³/mol. The molecule has 8 heteroatoms. The summed E-state index contributed by atoms with van der Waals surface area (Å²) in [6, 6.07) is 22.2. The first-order chi connectivity index (χ1) is 14.4. The number of carbonyl (C=O) groups is 1. The van der Waals surface area contributed by atoms with Gasteiger partial charge in [-0.2, -0.15) is 0 Å². The Morgan fingerprint density at radius 1 is 1.03 bits per heavy atom. The zero-order valence-electron chi connectivity index (χ0n) is 15.9. The normalized spacial score (nSPS) is 15.8. The van der Waals surface area contributed by atoms with Gasteiger partial charge in [-0.15, -0.1) is 0 Å². The number of nitrogens with zero attached hydrogens (tertiary/aromatic N) is 1. The molecule has 0 radical (unpaired) electrons. The number of sulfonamides is 1. The topological polar surface area (TPSA) is 75.7 Å². The van der Waals surface area contributed by atoms with E-state index in [0.717, 1.165) is 5.56 Å². The smallest absolute Gasteiger partial charge is 0.264 e. The molecule has 0 bridgehead atoms. The van der Waals surface area contributed by atoms with Crippen molar-refractivity contribution >= 4 is 33.2 Å². The van der Waals surface area contributed by atoms with Crippen molar-refractivity contribution in [1.29, 1.82) is 0 Å². The summed E-state index contributed by atoms with van der Waals surface area (Å²) < 4.78 is 33.6. The zero-order chi connectivity index (χ0) is 21.1. The van der Waals surface area contributed by atoms with E-state index in [1.54, 1.807) is 30.3 Å². The van der Waals surface area contributed by atoms with E-state index in [9.17, 15) is 13.2 Å². The van der Waals surface area contributed by atoms with E-state index in [2.05, 4.69) is 5.32 Å². The summed E-state index contributed by atoms with van der Waals surface area (Å²) in [6.07, 6.45) is -0.999. The molecule has 0 aliphatic carbocycles. The average molecular weight is 443 g/mol. The molecule has 1 heterocycles. The molecule has 0 spiro atoms. The molecule has 0 unspecified atom stereocenters. The fourth-order valence-corrected chi connectivity index (χ4v) is 4.86. The summed E-state index contributed by atoms with van der Waals surface area (Å²) >= 11 is 6.10. The Morgan fingerprint density at radius 3 is 2.40 bits per heavy atom. The van der Waals surface area contributed by atoms with Gasteiger partial charge in [-0.25, -0.2) is 8.42 Å². The maximum absolute atomic E-state index is 13.3. The van der Waals surface area contributed by atoms with Crippen LogP contribution < -0.4 is 14.4 Å². The number of rotatable bonds is 5. The van der Waals surface area contributed by atoms with Gasteiger partial charge >= 0.3 is 0 Å². The van der Waals surface area contributed by atoms with E-state index in [1.807, 2.05) is 30.3 Å². The highest BCUT2D eigenvalue weighted by molar-refractivity contribution is 7.92. The number of halogens is 1. The third kappa shape index (κ3) is 4.13. The van der Waals surface area contributed by atoms with Crippen LogP contribution in [-0.4, -0.2) is 27.0 Å². The molecule has 0 aromatic heterocycles. The van der Waals surface area contributed by atoms with Crippen LogP contribution in [0.3, 0.4) is 0 Å². The number of hydrogen-bond acceptors (Lipinski definition) is 4. The lowest BCUT2D eigenvalue weighted by Gasteiger charge is -2.34. The van der Waals surface area contributed by atoms with Crippen molar-refractivity contribution in [3.05, 3.63) is 89.4 Å². The van der Waals surface area contributed by atoms with Crippen LogP contribution in [0.5, 0.6) is 5.75 Å². The Bertz CT molecular complexity index is 1150. The van der Waals surface area contributed by atoms with E-state index >= 15 is 0 Å². The van der Waals surface area contributed by atoms with E-state index in [0.29, 0.717) is 17.3 Å². The Morgan fingerprint density at radius 2 is 1.70 bits per heavy atom. The molecule has 1 aliphatic heterocycles. The second-order valence-corrected chi connectivity index (χ2v) is 9.07. The Labute approximate surface area is 180 Å². The first-order valence-electron chi connectivity index (χ1n) is 9.31. The molecule has 6 nitrogen and oxygen atoms in total. The summed E-state index contributed by atoms with van der Waals surface area (Å²) in [5.74, 6) is -0.113. The molecule has 1 atom stereocenters. The van der Waals surface area contributed by atoms with Crippen LogP contribution in [0.1, 0.15) is 5.56 Å². The number of ether oxygens (including phenoxy) is 1. The minimum Gasteiger partial charge on any atom is -0.476 e. The summed E-state index contributed by atoms with van der Waals surface area (Å²) in [6.45, 7) is 0.156. The SMILES string of the molecule is O=C(NCc1ccccc1)[C@@H]1CN(S(=O)(=O)c2ccccc2)c2cc(Cl)ccc2O1. The number of anilines is 1. The van der Waals surface area contributed by atoms with Crippen molar-refractivity contribution in [3.63, 3.8) is 0 Å². The standard InChI is InChI=1S/C22H19ClN2O4S/c23-17-11-12-20-19(13-17)25(30(27,28)18-9-5-2-6-10-18)15-21(29-20)22(26)24-14-16-7-3-1-4-8-16/h1-13,21H,14-15H2,(H,24,26)/t21-/m0/s1. The van der Waals surface area contributed by atoms with Crippen LogP contribution in [-0.2, 0) is 21.4 Å². The van der Waals surface area contributed by atoms with Crippen molar-refractivity contribution in [2.75, 3.05) is 10.8 Å². The number of carbonyl (C=O) groups excluding carboxylic acids is 1. The lowest BCUT2D eigenvalue weighted by molar-refractivity contribution is -0.127. The molecule has 30 heavy (non-hydrogen) atoms. The predicted octanol–water partition coefficient (Wildman–Crippen LogP) is 3.61. The Hall–Kier alpha value is -3.03. The van der Waals surface area contributed by atoms with Gasteiger partial charge < -0.3 is 10.1 Å². The van der Waals surface area contributed by atoms with Gasteiger partial charge in [0.2, 0.25) is 0 Å². The quantitative estimate of drug-likeness (QED) is 0.655. The molecular weight excluding hydrogens is 424 g/mol. The second kappa shape index (κ2) is 8.38. The van der Waals surface area contributed by atoms with Gasteiger partial charge in [-0.05, 0) is 35.9 Å². The highest BCUT2D eigenvalue weighted by atomic mass is 35.5. The van der Waals surface area contributed by atoms with E-state index in [-0.39, 0.29) is 17.2 Å². The maximum Gasteiger partial charge on any atom is 0.264 e. The van der Waals surface area contributed by atoms with Crippen molar-refractivity contribution in [2.24, 2.45) is 0 Å². The first kappa shape index (κ1) is 20.3. The fourth-order valence-electron chi connectivity index (χ4n) is 3.21. The van der Waals surface area contributed by atoms with Crippen LogP contribution in [0.25, 0.3) is 0 Å². The molecule has 0 fully saturated rings. The molecule has 1 amide bonds. The lowest BCUT2D eigenvalue weighted by atomic mass is 10.2. The van der Waals surface area contributed by atoms with Gasteiger partial charge in [0.05, 0.1) is 17.1 Å². The number of amides is 1. The largest absolute Gasteiger partial charge is 0.476 e. The van der Waals surface area contributed by atoms with Gasteiger partial charge in [0.25, 0.3) is 15.9 Å². The highest BCUT2D eigenvalue weighted by Crippen LogP contribution is 2.38. The lowest BCUT2D eigenvalue weighted by Crippen LogP contribution is -2.50. The molecule has 0 saturated heterocycles. The maximum atomic E-state index is 13.3. The average Bonchev–Trinajstić information content (AvgIpc) is 2.78. The van der Waals surface area contributed by atoms with Crippen LogP contribution in [0.4, 0.5) is 5.69 Å². The van der Waals surface area contributed by atoms with Gasteiger partial charge in [0.15, 0.2) is 6.10 Å². The number of hydrogen-bond donors (Lipinski definition) is 1. The molecular formula is C22H19ClN2O4S. The van der Waals surface area contributed by atoms with Crippen LogP contribution >= 0.6 is 11.6 Å². The van der Waals surface area contributed by atoms with Crippen LogP contribution in [0, 0.1) is 0 Å². The zero-order valence-corrected chi connectivity index (χ0v) is 17.4. The summed E-state index contributed by atoms with van der Waals surface area (Å²) in [4.78, 5) is 12.9. The van der Waals surface area contributed by atoms with Crippen molar-refractivity contribution < 1.29 is 17.9 Å². The first-order valence-corrected chi connectivity index (χ1v) is 11.1. The molecule has 0 saturated carbocycles. The second-order valence-electron chi connectivity index (χ2n) is 6.77. The molecule has 4 rings (SSSR count). The highest BCUT2D eigenvalue weighted by Gasteiger charge is 2.37. The molecule has 1 aliphatic rings. The van der Waals surface area contributed by atoms with Crippen molar-refractivity contribution in [3.8, 4) is 5.75 Å². The van der Waals surface area contributed by atoms with E-state index in [4.69, 9.17) is 16.3 Å². The van der Waals surface area contributed by atoms with E-state index in [1.165, 1.54) is 22.5 Å². The number of fused-ring (bicyclic) bond motifs is 1. The van der Waals surface area contributed by atoms with Gasteiger partial charge in [-0.1, -0.05) is 60.1 Å².